The summed E-state index contributed by atoms with van der Waals surface area (Å²) in [5.41, 5.74) is 3.57. The van der Waals surface area contributed by atoms with Gasteiger partial charge in [0.1, 0.15) is 5.82 Å². The molecule has 0 spiro atoms. The molecule has 1 atom stereocenters. The van der Waals surface area contributed by atoms with Gasteiger partial charge in [-0.2, -0.15) is 13.2 Å². The maximum absolute atomic E-state index is 13.0. The number of halogens is 3. The van der Waals surface area contributed by atoms with Crippen molar-refractivity contribution in [1.29, 1.82) is 0 Å². The Morgan fingerprint density at radius 1 is 1.29 bits per heavy atom. The molecule has 4 nitrogen and oxygen atoms in total. The smallest absolute Gasteiger partial charge is 0.379 e. The van der Waals surface area contributed by atoms with Crippen molar-refractivity contribution in [2.45, 2.75) is 38.1 Å². The quantitative estimate of drug-likeness (QED) is 0.890. The third-order valence-corrected chi connectivity index (χ3v) is 3.50. The largest absolute Gasteiger partial charge is 0.418 e. The molecule has 0 radical (unpaired) electrons. The summed E-state index contributed by atoms with van der Waals surface area (Å²) >= 11 is 0. The number of aryl methyl sites for hydroxylation is 1. The van der Waals surface area contributed by atoms with E-state index >= 15 is 0 Å². The molecule has 1 heterocycles. The number of nitrogens with two attached hydrogens (primary N) is 1. The van der Waals surface area contributed by atoms with Gasteiger partial charge < -0.3 is 15.4 Å². The number of fused-ring (bicyclic) bond motifs is 1. The van der Waals surface area contributed by atoms with Gasteiger partial charge in [-0.1, -0.05) is 19.1 Å². The second-order valence-corrected chi connectivity index (χ2v) is 5.08. The van der Waals surface area contributed by atoms with Crippen LogP contribution >= 0.6 is 0 Å². The maximum atomic E-state index is 13.0. The van der Waals surface area contributed by atoms with Gasteiger partial charge in [-0.25, -0.2) is 4.98 Å². The van der Waals surface area contributed by atoms with Gasteiger partial charge in [0, 0.05) is 19.5 Å². The highest BCUT2D eigenvalue weighted by molar-refractivity contribution is 5.75. The first-order valence-electron chi connectivity index (χ1n) is 6.75. The van der Waals surface area contributed by atoms with Crippen LogP contribution in [0.4, 0.5) is 13.2 Å². The van der Waals surface area contributed by atoms with Gasteiger partial charge in [-0.15, -0.1) is 0 Å². The maximum Gasteiger partial charge on any atom is 0.418 e. The highest BCUT2D eigenvalue weighted by Gasteiger charge is 2.53. The minimum absolute atomic E-state index is 0.198. The standard InChI is InChI=1S/C14H18F3N3O/c1-2-7-20-11-6-4-3-5-10(11)19-12(20)8-13(21,9-18)14(15,16)17/h3-6,21H,2,7-9,18H2,1H3. The van der Waals surface area contributed by atoms with E-state index in [0.29, 0.717) is 12.1 Å². The van der Waals surface area contributed by atoms with Gasteiger partial charge in [0.05, 0.1) is 11.0 Å². The topological polar surface area (TPSA) is 64.1 Å². The second-order valence-electron chi connectivity index (χ2n) is 5.08. The van der Waals surface area contributed by atoms with Crippen molar-refractivity contribution < 1.29 is 18.3 Å². The number of alkyl halides is 3. The Kier molecular flexibility index (Phi) is 4.25. The third kappa shape index (κ3) is 2.89. The summed E-state index contributed by atoms with van der Waals surface area (Å²) in [4.78, 5) is 4.23. The average molecular weight is 301 g/mol. The van der Waals surface area contributed by atoms with Gasteiger partial charge >= 0.3 is 6.18 Å². The van der Waals surface area contributed by atoms with E-state index in [1.165, 1.54) is 0 Å². The monoisotopic (exact) mass is 301 g/mol. The van der Waals surface area contributed by atoms with Crippen LogP contribution in [-0.2, 0) is 13.0 Å². The Labute approximate surface area is 120 Å². The summed E-state index contributed by atoms with van der Waals surface area (Å²) < 4.78 is 40.7. The molecule has 0 aliphatic rings. The summed E-state index contributed by atoms with van der Waals surface area (Å²) in [5, 5.41) is 9.82. The van der Waals surface area contributed by atoms with Crippen molar-refractivity contribution in [3.63, 3.8) is 0 Å². The van der Waals surface area contributed by atoms with Crippen LogP contribution in [0.2, 0.25) is 0 Å². The number of benzene rings is 1. The zero-order valence-corrected chi connectivity index (χ0v) is 11.7. The number of aliphatic hydroxyl groups is 1. The summed E-state index contributed by atoms with van der Waals surface area (Å²) in [5.74, 6) is 0.198. The number of imidazole rings is 1. The fourth-order valence-corrected chi connectivity index (χ4v) is 2.28. The predicted octanol–water partition coefficient (Wildman–Crippen LogP) is 2.24. The van der Waals surface area contributed by atoms with Crippen LogP contribution in [0.15, 0.2) is 24.3 Å². The first kappa shape index (κ1) is 15.8. The molecule has 1 unspecified atom stereocenters. The van der Waals surface area contributed by atoms with Crippen molar-refractivity contribution in [3.05, 3.63) is 30.1 Å². The molecule has 0 amide bonds. The molecule has 0 aliphatic heterocycles. The summed E-state index contributed by atoms with van der Waals surface area (Å²) in [6, 6.07) is 7.11. The normalized spacial score (nSPS) is 15.3. The van der Waals surface area contributed by atoms with Crippen molar-refractivity contribution >= 4 is 11.0 Å². The number of aromatic nitrogens is 2. The Hall–Kier alpha value is -1.60. The molecule has 0 aliphatic carbocycles. The Morgan fingerprint density at radius 3 is 2.52 bits per heavy atom. The molecular weight excluding hydrogens is 283 g/mol. The van der Waals surface area contributed by atoms with E-state index < -0.39 is 24.7 Å². The summed E-state index contributed by atoms with van der Waals surface area (Å²) in [6.45, 7) is 1.57. The zero-order valence-electron chi connectivity index (χ0n) is 11.7. The number of nitrogens with zero attached hydrogens (tertiary/aromatic N) is 2. The first-order valence-corrected chi connectivity index (χ1v) is 6.75. The van der Waals surface area contributed by atoms with Gasteiger partial charge in [-0.05, 0) is 18.6 Å². The van der Waals surface area contributed by atoms with E-state index in [4.69, 9.17) is 5.73 Å². The Morgan fingerprint density at radius 2 is 1.95 bits per heavy atom. The van der Waals surface area contributed by atoms with E-state index in [1.54, 1.807) is 28.8 Å². The lowest BCUT2D eigenvalue weighted by molar-refractivity contribution is -0.255. The summed E-state index contributed by atoms with van der Waals surface area (Å²) in [7, 11) is 0. The van der Waals surface area contributed by atoms with Crippen LogP contribution in [0.25, 0.3) is 11.0 Å². The van der Waals surface area contributed by atoms with Gasteiger partial charge in [0.15, 0.2) is 5.60 Å². The van der Waals surface area contributed by atoms with Gasteiger partial charge in [0.2, 0.25) is 0 Å². The minimum atomic E-state index is -4.79. The van der Waals surface area contributed by atoms with Crippen LogP contribution in [-0.4, -0.2) is 33.0 Å². The highest BCUT2D eigenvalue weighted by atomic mass is 19.4. The molecule has 2 rings (SSSR count). The molecule has 1 aromatic carbocycles. The summed E-state index contributed by atoms with van der Waals surface area (Å²) in [6.07, 6.45) is -4.70. The van der Waals surface area contributed by atoms with E-state index in [9.17, 15) is 18.3 Å². The van der Waals surface area contributed by atoms with Crippen LogP contribution < -0.4 is 5.73 Å². The first-order chi connectivity index (χ1) is 9.82. The van der Waals surface area contributed by atoms with Crippen molar-refractivity contribution in [1.82, 2.24) is 9.55 Å². The lowest BCUT2D eigenvalue weighted by Gasteiger charge is -2.28. The third-order valence-electron chi connectivity index (χ3n) is 3.50. The fourth-order valence-electron chi connectivity index (χ4n) is 2.28. The second kappa shape index (κ2) is 5.65. The number of rotatable bonds is 5. The van der Waals surface area contributed by atoms with E-state index in [0.717, 1.165) is 11.9 Å². The van der Waals surface area contributed by atoms with Crippen LogP contribution in [0.3, 0.4) is 0 Å². The Bertz CT molecular complexity index is 623. The SMILES string of the molecule is CCCn1c(CC(O)(CN)C(F)(F)F)nc2ccccc21. The fraction of sp³-hybridized carbons (Fsp3) is 0.500. The minimum Gasteiger partial charge on any atom is -0.379 e. The van der Waals surface area contributed by atoms with Gasteiger partial charge in [-0.3, -0.25) is 0 Å². The molecule has 116 valence electrons. The van der Waals surface area contributed by atoms with E-state index in [1.807, 2.05) is 6.92 Å². The van der Waals surface area contributed by atoms with E-state index in [-0.39, 0.29) is 5.82 Å². The van der Waals surface area contributed by atoms with Crippen molar-refractivity contribution in [3.8, 4) is 0 Å². The molecule has 0 saturated carbocycles. The average Bonchev–Trinajstić information content (AvgIpc) is 2.76. The van der Waals surface area contributed by atoms with Crippen LogP contribution in [0.1, 0.15) is 19.2 Å². The van der Waals surface area contributed by atoms with Crippen molar-refractivity contribution in [2.75, 3.05) is 6.54 Å². The predicted molar refractivity (Wildman–Crippen MR) is 73.8 cm³/mol. The number of hydrogen-bond donors (Lipinski definition) is 2. The number of para-hydroxylation sites is 2. The zero-order chi connectivity index (χ0) is 15.7. The molecule has 0 bridgehead atoms. The molecule has 3 N–H and O–H groups in total. The molecule has 2 aromatic rings. The molecule has 21 heavy (non-hydrogen) atoms. The molecule has 7 heteroatoms. The molecular formula is C14H18F3N3O. The van der Waals surface area contributed by atoms with Gasteiger partial charge in [0.25, 0.3) is 0 Å². The molecule has 0 fully saturated rings. The lowest BCUT2D eigenvalue weighted by atomic mass is 9.99. The van der Waals surface area contributed by atoms with E-state index in [2.05, 4.69) is 4.98 Å². The molecule has 0 saturated heterocycles. The van der Waals surface area contributed by atoms with Crippen LogP contribution in [0.5, 0.6) is 0 Å². The van der Waals surface area contributed by atoms with Crippen molar-refractivity contribution in [2.24, 2.45) is 5.73 Å². The molecule has 1 aromatic heterocycles. The van der Waals surface area contributed by atoms with Crippen LogP contribution in [0, 0.1) is 0 Å². The Balaban J connectivity index is 2.48. The highest BCUT2D eigenvalue weighted by Crippen LogP contribution is 2.33. The number of hydrogen-bond acceptors (Lipinski definition) is 3. The lowest BCUT2D eigenvalue weighted by Crippen LogP contribution is -2.53.